The number of nitrogens with one attached hydrogen (secondary N) is 1. The standard InChI is InChI=1S/C19H22N2O2S/c1-3-23-18(22)19(11-14-7-4-5-8-15(14)12-19)21-13-16-9-6-10-20-17(16)24-2/h4-10,21H,3,11-13H2,1-2H3. The minimum absolute atomic E-state index is 0.171. The van der Waals surface area contributed by atoms with Gasteiger partial charge in [0.15, 0.2) is 0 Å². The summed E-state index contributed by atoms with van der Waals surface area (Å²) in [5, 5.41) is 4.48. The highest BCUT2D eigenvalue weighted by Crippen LogP contribution is 2.32. The van der Waals surface area contributed by atoms with Crippen LogP contribution < -0.4 is 5.32 Å². The summed E-state index contributed by atoms with van der Waals surface area (Å²) in [5.74, 6) is -0.171. The van der Waals surface area contributed by atoms with Gasteiger partial charge in [-0.25, -0.2) is 4.98 Å². The Labute approximate surface area is 147 Å². The molecule has 0 saturated carbocycles. The van der Waals surface area contributed by atoms with Crippen LogP contribution in [-0.4, -0.2) is 29.4 Å². The fraction of sp³-hybridized carbons (Fsp3) is 0.368. The number of pyridine rings is 1. The topological polar surface area (TPSA) is 51.2 Å². The average Bonchev–Trinajstić information content (AvgIpc) is 3.00. The molecule has 24 heavy (non-hydrogen) atoms. The maximum Gasteiger partial charge on any atom is 0.327 e. The summed E-state index contributed by atoms with van der Waals surface area (Å²) < 4.78 is 5.38. The normalized spacial score (nSPS) is 15.1. The zero-order valence-corrected chi connectivity index (χ0v) is 14.9. The molecule has 5 heteroatoms. The van der Waals surface area contributed by atoms with E-state index in [2.05, 4.69) is 22.4 Å². The Kier molecular flexibility index (Phi) is 5.21. The van der Waals surface area contributed by atoms with E-state index in [-0.39, 0.29) is 5.97 Å². The van der Waals surface area contributed by atoms with Gasteiger partial charge in [0.2, 0.25) is 0 Å². The number of nitrogens with zero attached hydrogens (tertiary/aromatic N) is 1. The van der Waals surface area contributed by atoms with Crippen molar-refractivity contribution >= 4 is 17.7 Å². The van der Waals surface area contributed by atoms with Crippen molar-refractivity contribution in [3.05, 3.63) is 59.3 Å². The van der Waals surface area contributed by atoms with Gasteiger partial charge in [0.05, 0.1) is 6.61 Å². The summed E-state index contributed by atoms with van der Waals surface area (Å²) in [6.45, 7) is 2.83. The maximum atomic E-state index is 12.7. The third kappa shape index (κ3) is 3.32. The predicted molar refractivity (Wildman–Crippen MR) is 96.1 cm³/mol. The molecule has 1 aromatic heterocycles. The molecule has 0 aliphatic heterocycles. The molecule has 0 unspecified atom stereocenters. The molecule has 0 amide bonds. The molecule has 1 aromatic carbocycles. The molecule has 0 atom stereocenters. The molecule has 2 aromatic rings. The van der Waals surface area contributed by atoms with Gasteiger partial charge >= 0.3 is 5.97 Å². The van der Waals surface area contributed by atoms with Crippen LogP contribution in [0.25, 0.3) is 0 Å². The van der Waals surface area contributed by atoms with Crippen LogP contribution in [0, 0.1) is 0 Å². The van der Waals surface area contributed by atoms with Gasteiger partial charge in [0.25, 0.3) is 0 Å². The number of benzene rings is 1. The van der Waals surface area contributed by atoms with Crippen molar-refractivity contribution in [1.82, 2.24) is 10.3 Å². The van der Waals surface area contributed by atoms with Crippen molar-refractivity contribution in [1.29, 1.82) is 0 Å². The largest absolute Gasteiger partial charge is 0.465 e. The fourth-order valence-electron chi connectivity index (χ4n) is 3.23. The highest BCUT2D eigenvalue weighted by atomic mass is 32.2. The van der Waals surface area contributed by atoms with Crippen LogP contribution in [0.1, 0.15) is 23.6 Å². The first kappa shape index (κ1) is 17.0. The Balaban J connectivity index is 1.83. The van der Waals surface area contributed by atoms with Gasteiger partial charge in [-0.15, -0.1) is 11.8 Å². The van der Waals surface area contributed by atoms with Gasteiger partial charge in [-0.1, -0.05) is 30.3 Å². The number of hydrogen-bond donors (Lipinski definition) is 1. The first-order valence-electron chi connectivity index (χ1n) is 8.15. The van der Waals surface area contributed by atoms with E-state index in [4.69, 9.17) is 4.74 Å². The van der Waals surface area contributed by atoms with Gasteiger partial charge in [-0.3, -0.25) is 10.1 Å². The molecule has 0 bridgehead atoms. The number of esters is 1. The van der Waals surface area contributed by atoms with Crippen LogP contribution in [-0.2, 0) is 28.9 Å². The molecule has 0 fully saturated rings. The van der Waals surface area contributed by atoms with Crippen molar-refractivity contribution in [3.8, 4) is 0 Å². The smallest absolute Gasteiger partial charge is 0.327 e. The Morgan fingerprint density at radius 1 is 1.25 bits per heavy atom. The van der Waals surface area contributed by atoms with Crippen molar-refractivity contribution < 1.29 is 9.53 Å². The number of ether oxygens (including phenoxy) is 1. The zero-order valence-electron chi connectivity index (χ0n) is 14.0. The lowest BCUT2D eigenvalue weighted by atomic mass is 9.95. The van der Waals surface area contributed by atoms with Gasteiger partial charge < -0.3 is 4.74 Å². The van der Waals surface area contributed by atoms with E-state index in [1.54, 1.807) is 18.0 Å². The molecule has 126 valence electrons. The van der Waals surface area contributed by atoms with E-state index in [0.717, 1.165) is 10.6 Å². The lowest BCUT2D eigenvalue weighted by molar-refractivity contribution is -0.151. The molecule has 1 aliphatic carbocycles. The number of carbonyl (C=O) groups excluding carboxylic acids is 1. The summed E-state index contributed by atoms with van der Waals surface area (Å²) in [5.41, 5.74) is 2.85. The van der Waals surface area contributed by atoms with Crippen LogP contribution >= 0.6 is 11.8 Å². The van der Waals surface area contributed by atoms with Crippen molar-refractivity contribution in [2.75, 3.05) is 12.9 Å². The van der Waals surface area contributed by atoms with Gasteiger partial charge in [-0.05, 0) is 35.9 Å². The molecule has 1 heterocycles. The summed E-state index contributed by atoms with van der Waals surface area (Å²) in [7, 11) is 0. The molecule has 4 nitrogen and oxygen atoms in total. The second-order valence-corrected chi connectivity index (χ2v) is 6.75. The summed E-state index contributed by atoms with van der Waals surface area (Å²) in [6.07, 6.45) is 5.13. The van der Waals surface area contributed by atoms with Crippen molar-refractivity contribution in [3.63, 3.8) is 0 Å². The summed E-state index contributed by atoms with van der Waals surface area (Å²) in [6, 6.07) is 12.2. The molecular formula is C19H22N2O2S. The number of hydrogen-bond acceptors (Lipinski definition) is 5. The first-order valence-corrected chi connectivity index (χ1v) is 9.38. The van der Waals surface area contributed by atoms with Gasteiger partial charge in [0, 0.05) is 25.6 Å². The highest BCUT2D eigenvalue weighted by Gasteiger charge is 2.44. The van der Waals surface area contributed by atoms with E-state index in [1.807, 2.05) is 37.4 Å². The molecule has 1 aliphatic rings. The van der Waals surface area contributed by atoms with Crippen LogP contribution in [0.15, 0.2) is 47.6 Å². The van der Waals surface area contributed by atoms with Crippen molar-refractivity contribution in [2.24, 2.45) is 0 Å². The van der Waals surface area contributed by atoms with Crippen LogP contribution in [0.4, 0.5) is 0 Å². The van der Waals surface area contributed by atoms with Crippen LogP contribution in [0.3, 0.4) is 0 Å². The van der Waals surface area contributed by atoms with E-state index < -0.39 is 5.54 Å². The average molecular weight is 342 g/mol. The zero-order chi connectivity index (χ0) is 17.0. The Morgan fingerprint density at radius 2 is 1.96 bits per heavy atom. The lowest BCUT2D eigenvalue weighted by Crippen LogP contribution is -2.53. The second kappa shape index (κ2) is 7.36. The molecular weight excluding hydrogens is 320 g/mol. The number of aromatic nitrogens is 1. The maximum absolute atomic E-state index is 12.7. The fourth-order valence-corrected chi connectivity index (χ4v) is 3.80. The molecule has 3 rings (SSSR count). The minimum atomic E-state index is -0.689. The molecule has 1 N–H and O–H groups in total. The number of rotatable bonds is 6. The Bertz CT molecular complexity index is 708. The Morgan fingerprint density at radius 3 is 2.58 bits per heavy atom. The van der Waals surface area contributed by atoms with Crippen LogP contribution in [0.5, 0.6) is 0 Å². The summed E-state index contributed by atoms with van der Waals surface area (Å²) in [4.78, 5) is 17.1. The van der Waals surface area contributed by atoms with Crippen molar-refractivity contribution in [2.45, 2.75) is 36.9 Å². The van der Waals surface area contributed by atoms with E-state index in [9.17, 15) is 4.79 Å². The highest BCUT2D eigenvalue weighted by molar-refractivity contribution is 7.98. The van der Waals surface area contributed by atoms with Gasteiger partial charge in [-0.2, -0.15) is 0 Å². The summed E-state index contributed by atoms with van der Waals surface area (Å²) >= 11 is 1.62. The molecule has 0 spiro atoms. The minimum Gasteiger partial charge on any atom is -0.465 e. The lowest BCUT2D eigenvalue weighted by Gasteiger charge is -2.28. The van der Waals surface area contributed by atoms with Crippen LogP contribution in [0.2, 0.25) is 0 Å². The van der Waals surface area contributed by atoms with E-state index >= 15 is 0 Å². The predicted octanol–water partition coefficient (Wildman–Crippen LogP) is 2.99. The van der Waals surface area contributed by atoms with E-state index in [1.165, 1.54) is 11.1 Å². The SMILES string of the molecule is CCOC(=O)C1(NCc2cccnc2SC)Cc2ccccc2C1. The number of thioether (sulfide) groups is 1. The Hall–Kier alpha value is -1.85. The third-order valence-corrected chi connectivity index (χ3v) is 5.18. The molecule has 0 saturated heterocycles. The number of fused-ring (bicyclic) bond motifs is 1. The quantitative estimate of drug-likeness (QED) is 0.646. The second-order valence-electron chi connectivity index (χ2n) is 5.95. The number of carbonyl (C=O) groups is 1. The molecule has 0 radical (unpaired) electrons. The van der Waals surface area contributed by atoms with Gasteiger partial charge in [0.1, 0.15) is 10.6 Å². The first-order chi connectivity index (χ1) is 11.7. The third-order valence-electron chi connectivity index (χ3n) is 4.43. The van der Waals surface area contributed by atoms with E-state index in [0.29, 0.717) is 26.0 Å². The monoisotopic (exact) mass is 342 g/mol.